The van der Waals surface area contributed by atoms with Crippen LogP contribution in [0.25, 0.3) is 11.2 Å². The summed E-state index contributed by atoms with van der Waals surface area (Å²) in [7, 11) is 2.73. The van der Waals surface area contributed by atoms with E-state index in [0.717, 1.165) is 12.8 Å². The minimum atomic E-state index is -0.629. The molecule has 0 aliphatic rings. The highest BCUT2D eigenvalue weighted by Crippen LogP contribution is 2.25. The molecule has 0 aliphatic heterocycles. The van der Waals surface area contributed by atoms with E-state index in [9.17, 15) is 4.79 Å². The molecule has 0 atom stereocenters. The van der Waals surface area contributed by atoms with Gasteiger partial charge in [-0.15, -0.1) is 0 Å². The smallest absolute Gasteiger partial charge is 0.384 e. The van der Waals surface area contributed by atoms with Crippen molar-refractivity contribution in [2.75, 3.05) is 26.6 Å². The molecule has 0 aromatic carbocycles. The summed E-state index contributed by atoms with van der Waals surface area (Å²) in [6.07, 6.45) is 1.88. The van der Waals surface area contributed by atoms with Crippen molar-refractivity contribution in [2.24, 2.45) is 0 Å². The molecule has 0 aliphatic carbocycles. The van der Waals surface area contributed by atoms with E-state index in [1.165, 1.54) is 14.2 Å². The average Bonchev–Trinajstić information content (AvgIpc) is 2.93. The van der Waals surface area contributed by atoms with Crippen molar-refractivity contribution in [1.82, 2.24) is 19.5 Å². The topological polar surface area (TPSA) is 114 Å². The van der Waals surface area contributed by atoms with Crippen molar-refractivity contribution < 1.29 is 19.0 Å². The lowest BCUT2D eigenvalue weighted by Crippen LogP contribution is -2.06. The lowest BCUT2D eigenvalue weighted by Gasteiger charge is -2.06. The zero-order chi connectivity index (χ0) is 17.5. The molecule has 128 valence electrons. The molecule has 0 radical (unpaired) electrons. The number of nitrogens with zero attached hydrogens (tertiary/aromatic N) is 4. The third kappa shape index (κ3) is 3.84. The number of unbranched alkanes of at least 4 members (excludes halogenated alkanes) is 1. The normalized spacial score (nSPS) is 10.1. The van der Waals surface area contributed by atoms with Crippen LogP contribution in [0.3, 0.4) is 0 Å². The van der Waals surface area contributed by atoms with Gasteiger partial charge in [-0.1, -0.05) is 19.3 Å². The summed E-state index contributed by atoms with van der Waals surface area (Å²) >= 11 is 0. The number of anilines is 1. The van der Waals surface area contributed by atoms with Crippen LogP contribution >= 0.6 is 0 Å². The summed E-state index contributed by atoms with van der Waals surface area (Å²) in [6, 6.07) is 0.425. The number of fused-ring (bicyclic) bond motifs is 1. The second-order valence-corrected chi connectivity index (χ2v) is 4.74. The highest BCUT2D eigenvalue weighted by Gasteiger charge is 2.17. The molecule has 9 heteroatoms. The van der Waals surface area contributed by atoms with Crippen LogP contribution in [0.2, 0.25) is 0 Å². The van der Waals surface area contributed by atoms with Crippen molar-refractivity contribution in [3.05, 3.63) is 0 Å². The predicted molar refractivity (Wildman–Crippen MR) is 86.5 cm³/mol. The summed E-state index contributed by atoms with van der Waals surface area (Å²) in [5.41, 5.74) is 6.73. The van der Waals surface area contributed by atoms with Crippen LogP contribution in [0.5, 0.6) is 12.0 Å². The van der Waals surface area contributed by atoms with Crippen molar-refractivity contribution in [3.63, 3.8) is 0 Å². The zero-order valence-electron chi connectivity index (χ0n) is 13.8. The Morgan fingerprint density at radius 2 is 2.08 bits per heavy atom. The molecule has 2 heterocycles. The molecule has 0 fully saturated rings. The second kappa shape index (κ2) is 8.01. The number of rotatable bonds is 6. The third-order valence-electron chi connectivity index (χ3n) is 3.09. The van der Waals surface area contributed by atoms with Crippen molar-refractivity contribution in [2.45, 2.75) is 26.3 Å². The van der Waals surface area contributed by atoms with Gasteiger partial charge in [0.15, 0.2) is 17.0 Å². The maximum atomic E-state index is 11.1. The summed E-state index contributed by atoms with van der Waals surface area (Å²) < 4.78 is 16.8. The molecule has 0 unspecified atom stereocenters. The number of carbonyl (C=O) groups is 1. The molecule has 0 bridgehead atoms. The Hall–Kier alpha value is -3.02. The third-order valence-corrected chi connectivity index (χ3v) is 3.09. The quantitative estimate of drug-likeness (QED) is 0.357. The fourth-order valence-electron chi connectivity index (χ4n) is 1.89. The average molecular weight is 333 g/mol. The number of hydrogen-bond donors (Lipinski definition) is 1. The second-order valence-electron chi connectivity index (χ2n) is 4.74. The van der Waals surface area contributed by atoms with Gasteiger partial charge in [-0.05, 0) is 6.42 Å². The van der Waals surface area contributed by atoms with Gasteiger partial charge in [0, 0.05) is 5.92 Å². The first-order valence-corrected chi connectivity index (χ1v) is 7.38. The molecular weight excluding hydrogens is 314 g/mol. The highest BCUT2D eigenvalue weighted by atomic mass is 16.5. The van der Waals surface area contributed by atoms with Crippen molar-refractivity contribution >= 4 is 23.0 Å². The Labute approximate surface area is 139 Å². The zero-order valence-corrected chi connectivity index (χ0v) is 13.8. The van der Waals surface area contributed by atoms with Gasteiger partial charge in [0.25, 0.3) is 6.01 Å². The van der Waals surface area contributed by atoms with E-state index in [1.807, 2.05) is 0 Å². The van der Waals surface area contributed by atoms with E-state index in [-0.39, 0.29) is 24.4 Å². The molecule has 0 saturated carbocycles. The fraction of sp³-hybridized carbons (Fsp3) is 0.467. The number of hydrogen-bond acceptors (Lipinski definition) is 8. The van der Waals surface area contributed by atoms with Crippen LogP contribution in [-0.2, 0) is 16.1 Å². The lowest BCUT2D eigenvalue weighted by atomic mass is 10.4. The minimum absolute atomic E-state index is 0.125. The summed E-state index contributed by atoms with van der Waals surface area (Å²) in [5, 5.41) is 0. The molecule has 24 heavy (non-hydrogen) atoms. The van der Waals surface area contributed by atoms with Crippen LogP contribution < -0.4 is 15.2 Å². The first kappa shape index (κ1) is 17.3. The van der Waals surface area contributed by atoms with E-state index >= 15 is 0 Å². The monoisotopic (exact) mass is 333 g/mol. The Balaban J connectivity index is 2.39. The van der Waals surface area contributed by atoms with Gasteiger partial charge in [-0.25, -0.2) is 4.79 Å². The molecule has 0 spiro atoms. The molecule has 0 amide bonds. The number of methoxy groups -OCH3 is 2. The summed E-state index contributed by atoms with van der Waals surface area (Å²) in [6.45, 7) is 2.68. The van der Waals surface area contributed by atoms with Crippen LogP contribution in [0.15, 0.2) is 0 Å². The Kier molecular flexibility index (Phi) is 5.78. The summed E-state index contributed by atoms with van der Waals surface area (Å²) in [5.74, 6) is 4.57. The molecule has 2 aromatic heterocycles. The van der Waals surface area contributed by atoms with Gasteiger partial charge in [0.2, 0.25) is 0 Å². The fourth-order valence-corrected chi connectivity index (χ4v) is 1.89. The molecule has 9 nitrogen and oxygen atoms in total. The predicted octanol–water partition coefficient (Wildman–Crippen LogP) is 0.772. The van der Waals surface area contributed by atoms with Gasteiger partial charge in [0.1, 0.15) is 0 Å². The van der Waals surface area contributed by atoms with Gasteiger partial charge < -0.3 is 19.9 Å². The molecule has 2 rings (SSSR count). The first-order chi connectivity index (χ1) is 11.6. The number of carbonyl (C=O) groups excluding carboxylic acids is 1. The van der Waals surface area contributed by atoms with Crippen LogP contribution in [0, 0.1) is 11.8 Å². The number of nitrogen functional groups attached to an aromatic ring is 1. The maximum absolute atomic E-state index is 11.1. The Morgan fingerprint density at radius 1 is 1.29 bits per heavy atom. The number of nitrogens with two attached hydrogens (primary N) is 1. The number of imidazole rings is 1. The number of ether oxygens (including phenoxy) is 3. The summed E-state index contributed by atoms with van der Waals surface area (Å²) in [4.78, 5) is 23.7. The maximum Gasteiger partial charge on any atom is 0.384 e. The molecule has 2 aromatic rings. The van der Waals surface area contributed by atoms with E-state index in [1.54, 1.807) is 4.57 Å². The van der Waals surface area contributed by atoms with E-state index in [4.69, 9.17) is 15.2 Å². The highest BCUT2D eigenvalue weighted by molar-refractivity contribution is 5.88. The van der Waals surface area contributed by atoms with E-state index < -0.39 is 5.97 Å². The first-order valence-electron chi connectivity index (χ1n) is 7.38. The van der Waals surface area contributed by atoms with Gasteiger partial charge in [-0.2, -0.15) is 15.0 Å². The lowest BCUT2D eigenvalue weighted by molar-refractivity contribution is -0.133. The standard InChI is InChI=1S/C15H19N5O4/c1-4-5-9-24-14-18-12(16)11-13(19-14)20(15(17-11)23-3)8-6-7-10(21)22-2/h4-5,8-9H2,1-3H3,(H2,16,18,19). The van der Waals surface area contributed by atoms with Gasteiger partial charge in [0.05, 0.1) is 27.4 Å². The van der Waals surface area contributed by atoms with Gasteiger partial charge in [-0.3, -0.25) is 4.57 Å². The van der Waals surface area contributed by atoms with Gasteiger partial charge >= 0.3 is 12.0 Å². The van der Waals surface area contributed by atoms with Crippen LogP contribution in [0.4, 0.5) is 5.82 Å². The number of esters is 1. The largest absolute Gasteiger partial charge is 0.468 e. The van der Waals surface area contributed by atoms with Crippen molar-refractivity contribution in [1.29, 1.82) is 0 Å². The van der Waals surface area contributed by atoms with Crippen LogP contribution in [0.1, 0.15) is 19.8 Å². The van der Waals surface area contributed by atoms with Crippen molar-refractivity contribution in [3.8, 4) is 23.9 Å². The Morgan fingerprint density at radius 3 is 2.75 bits per heavy atom. The molecular formula is C15H19N5O4. The molecule has 0 saturated heterocycles. The van der Waals surface area contributed by atoms with Crippen LogP contribution in [-0.4, -0.2) is 46.3 Å². The minimum Gasteiger partial charge on any atom is -0.468 e. The van der Waals surface area contributed by atoms with E-state index in [2.05, 4.69) is 38.5 Å². The number of aromatic nitrogens is 4. The Bertz CT molecular complexity index is 790. The molecule has 2 N–H and O–H groups in total. The SMILES string of the molecule is CCCCOc1nc(N)c2nc(OC)n(CC#CC(=O)OC)c2n1. The van der Waals surface area contributed by atoms with E-state index in [0.29, 0.717) is 17.8 Å².